The number of ether oxygens (including phenoxy) is 1. The lowest BCUT2D eigenvalue weighted by Crippen LogP contribution is -2.24. The summed E-state index contributed by atoms with van der Waals surface area (Å²) < 4.78 is 41.9. The Morgan fingerprint density at radius 2 is 2.05 bits per heavy atom. The summed E-state index contributed by atoms with van der Waals surface area (Å²) in [5, 5.41) is 14.9. The van der Waals surface area contributed by atoms with E-state index in [1.807, 2.05) is 24.3 Å². The first-order chi connectivity index (χ1) is 9.37. The number of aliphatic hydroxyl groups excluding tert-OH is 1. The van der Waals surface area contributed by atoms with Crippen LogP contribution in [0.15, 0.2) is 24.3 Å². The van der Waals surface area contributed by atoms with Gasteiger partial charge in [-0.05, 0) is 6.07 Å². The molecule has 0 saturated heterocycles. The van der Waals surface area contributed by atoms with E-state index in [1.54, 1.807) is 11.7 Å². The van der Waals surface area contributed by atoms with Crippen LogP contribution >= 0.6 is 0 Å². The molecule has 1 heterocycles. The molecule has 4 nitrogen and oxygen atoms in total. The molecular formula is C13H15F3N2O2. The second kappa shape index (κ2) is 5.80. The van der Waals surface area contributed by atoms with Gasteiger partial charge >= 0.3 is 6.18 Å². The summed E-state index contributed by atoms with van der Waals surface area (Å²) in [5.74, 6) is 0. The van der Waals surface area contributed by atoms with E-state index in [1.165, 1.54) is 0 Å². The fraction of sp³-hybridized carbons (Fsp3) is 0.462. The summed E-state index contributed by atoms with van der Waals surface area (Å²) in [7, 11) is 1.78. The lowest BCUT2D eigenvalue weighted by Gasteiger charge is -2.11. The van der Waals surface area contributed by atoms with Gasteiger partial charge in [0.2, 0.25) is 0 Å². The molecule has 20 heavy (non-hydrogen) atoms. The van der Waals surface area contributed by atoms with E-state index in [-0.39, 0.29) is 13.0 Å². The number of nitrogens with zero attached hydrogens (tertiary/aromatic N) is 2. The predicted molar refractivity (Wildman–Crippen MR) is 67.3 cm³/mol. The van der Waals surface area contributed by atoms with E-state index >= 15 is 0 Å². The molecule has 0 spiro atoms. The van der Waals surface area contributed by atoms with Crippen LogP contribution in [-0.2, 0) is 18.2 Å². The topological polar surface area (TPSA) is 47.3 Å². The van der Waals surface area contributed by atoms with Gasteiger partial charge in [-0.1, -0.05) is 18.2 Å². The van der Waals surface area contributed by atoms with Gasteiger partial charge in [0.25, 0.3) is 0 Å². The highest BCUT2D eigenvalue weighted by atomic mass is 19.4. The molecule has 0 radical (unpaired) electrons. The van der Waals surface area contributed by atoms with Crippen LogP contribution in [0.4, 0.5) is 13.2 Å². The minimum absolute atomic E-state index is 0.152. The molecule has 0 bridgehead atoms. The summed E-state index contributed by atoms with van der Waals surface area (Å²) in [6.07, 6.45) is -5.24. The minimum Gasteiger partial charge on any atom is -0.390 e. The first-order valence-corrected chi connectivity index (χ1v) is 6.10. The van der Waals surface area contributed by atoms with Gasteiger partial charge in [0.1, 0.15) is 6.61 Å². The molecule has 1 N–H and O–H groups in total. The molecule has 0 amide bonds. The Morgan fingerprint density at radius 1 is 1.35 bits per heavy atom. The minimum atomic E-state index is -4.38. The molecule has 0 aliphatic rings. The van der Waals surface area contributed by atoms with Gasteiger partial charge in [-0.3, -0.25) is 4.68 Å². The zero-order chi connectivity index (χ0) is 14.8. The first-order valence-electron chi connectivity index (χ1n) is 6.10. The molecule has 2 rings (SSSR count). The first kappa shape index (κ1) is 14.8. The van der Waals surface area contributed by atoms with Gasteiger partial charge < -0.3 is 9.84 Å². The highest BCUT2D eigenvalue weighted by Gasteiger charge is 2.27. The van der Waals surface area contributed by atoms with Crippen LogP contribution in [-0.4, -0.2) is 40.4 Å². The molecule has 2 aromatic rings. The molecule has 1 aromatic heterocycles. The largest absolute Gasteiger partial charge is 0.411 e. The fourth-order valence-electron chi connectivity index (χ4n) is 2.03. The molecule has 0 fully saturated rings. The number of benzene rings is 1. The van der Waals surface area contributed by atoms with E-state index in [9.17, 15) is 18.3 Å². The van der Waals surface area contributed by atoms with Crippen molar-refractivity contribution in [2.45, 2.75) is 18.7 Å². The van der Waals surface area contributed by atoms with E-state index in [0.29, 0.717) is 5.69 Å². The van der Waals surface area contributed by atoms with Crippen LogP contribution < -0.4 is 0 Å². The molecular weight excluding hydrogens is 273 g/mol. The van der Waals surface area contributed by atoms with Crippen LogP contribution in [0.3, 0.4) is 0 Å². The van der Waals surface area contributed by atoms with Crippen molar-refractivity contribution in [3.8, 4) is 0 Å². The van der Waals surface area contributed by atoms with Crippen molar-refractivity contribution in [3.05, 3.63) is 30.0 Å². The van der Waals surface area contributed by atoms with Gasteiger partial charge in [0.15, 0.2) is 0 Å². The van der Waals surface area contributed by atoms with Gasteiger partial charge in [-0.25, -0.2) is 0 Å². The van der Waals surface area contributed by atoms with E-state index < -0.39 is 18.9 Å². The number of aryl methyl sites for hydroxylation is 1. The van der Waals surface area contributed by atoms with Crippen molar-refractivity contribution in [2.24, 2.45) is 7.05 Å². The van der Waals surface area contributed by atoms with Crippen LogP contribution in [0.1, 0.15) is 5.69 Å². The Morgan fingerprint density at radius 3 is 2.75 bits per heavy atom. The van der Waals surface area contributed by atoms with Crippen LogP contribution in [0, 0.1) is 0 Å². The zero-order valence-electron chi connectivity index (χ0n) is 10.9. The lowest BCUT2D eigenvalue weighted by atomic mass is 10.1. The van der Waals surface area contributed by atoms with E-state index in [0.717, 1.165) is 10.9 Å². The number of hydrogen-bond acceptors (Lipinski definition) is 3. The van der Waals surface area contributed by atoms with E-state index in [2.05, 4.69) is 9.84 Å². The number of hydrogen-bond donors (Lipinski definition) is 1. The number of halogens is 3. The second-order valence-corrected chi connectivity index (χ2v) is 4.58. The average molecular weight is 288 g/mol. The number of alkyl halides is 3. The molecule has 110 valence electrons. The van der Waals surface area contributed by atoms with Crippen LogP contribution in [0.25, 0.3) is 10.9 Å². The maximum absolute atomic E-state index is 11.9. The van der Waals surface area contributed by atoms with Crippen molar-refractivity contribution in [3.63, 3.8) is 0 Å². The van der Waals surface area contributed by atoms with Crippen LogP contribution in [0.2, 0.25) is 0 Å². The monoisotopic (exact) mass is 288 g/mol. The third-order valence-corrected chi connectivity index (χ3v) is 2.84. The third kappa shape index (κ3) is 3.71. The number of fused-ring (bicyclic) bond motifs is 1. The standard InChI is InChI=1S/C13H15F3N2O2/c1-18-12-5-3-2-4-10(12)11(17-18)6-9(19)7-20-8-13(14,15)16/h2-5,9,19H,6-8H2,1H3. The molecule has 0 saturated carbocycles. The molecule has 0 aliphatic carbocycles. The maximum atomic E-state index is 11.9. The van der Waals surface area contributed by atoms with Gasteiger partial charge in [0.05, 0.1) is 23.9 Å². The summed E-state index contributed by atoms with van der Waals surface area (Å²) in [6.45, 7) is -1.72. The number of para-hydroxylation sites is 1. The van der Waals surface area contributed by atoms with Crippen molar-refractivity contribution in [2.75, 3.05) is 13.2 Å². The summed E-state index contributed by atoms with van der Waals surface area (Å²) in [6, 6.07) is 7.47. The summed E-state index contributed by atoms with van der Waals surface area (Å²) in [4.78, 5) is 0. The number of aromatic nitrogens is 2. The second-order valence-electron chi connectivity index (χ2n) is 4.58. The molecule has 1 atom stereocenters. The Labute approximate surface area is 113 Å². The summed E-state index contributed by atoms with van der Waals surface area (Å²) >= 11 is 0. The molecule has 0 aliphatic heterocycles. The molecule has 1 unspecified atom stereocenters. The van der Waals surface area contributed by atoms with Gasteiger partial charge in [-0.15, -0.1) is 0 Å². The van der Waals surface area contributed by atoms with Crippen LogP contribution in [0.5, 0.6) is 0 Å². The maximum Gasteiger partial charge on any atom is 0.411 e. The van der Waals surface area contributed by atoms with Gasteiger partial charge in [0, 0.05) is 18.9 Å². The smallest absolute Gasteiger partial charge is 0.390 e. The normalized spacial score (nSPS) is 13.8. The Balaban J connectivity index is 1.98. The average Bonchev–Trinajstić information content (AvgIpc) is 2.65. The molecule has 1 aromatic carbocycles. The number of rotatable bonds is 5. The van der Waals surface area contributed by atoms with Crippen molar-refractivity contribution >= 4 is 10.9 Å². The van der Waals surface area contributed by atoms with Crippen molar-refractivity contribution in [1.29, 1.82) is 0 Å². The predicted octanol–water partition coefficient (Wildman–Crippen LogP) is 2.06. The van der Waals surface area contributed by atoms with Crippen molar-refractivity contribution < 1.29 is 23.0 Å². The Kier molecular flexibility index (Phi) is 4.29. The third-order valence-electron chi connectivity index (χ3n) is 2.84. The quantitative estimate of drug-likeness (QED) is 0.916. The lowest BCUT2D eigenvalue weighted by molar-refractivity contribution is -0.179. The molecule has 7 heteroatoms. The Bertz CT molecular complexity index is 580. The fourth-order valence-corrected chi connectivity index (χ4v) is 2.03. The Hall–Kier alpha value is -1.60. The number of aliphatic hydroxyl groups is 1. The highest BCUT2D eigenvalue weighted by molar-refractivity contribution is 5.81. The van der Waals surface area contributed by atoms with E-state index in [4.69, 9.17) is 0 Å². The van der Waals surface area contributed by atoms with Gasteiger partial charge in [-0.2, -0.15) is 18.3 Å². The highest BCUT2D eigenvalue weighted by Crippen LogP contribution is 2.19. The zero-order valence-corrected chi connectivity index (χ0v) is 10.9. The SMILES string of the molecule is Cn1nc(CC(O)COCC(F)(F)F)c2ccccc21. The van der Waals surface area contributed by atoms with Crippen molar-refractivity contribution in [1.82, 2.24) is 9.78 Å². The summed E-state index contributed by atoms with van der Waals surface area (Å²) in [5.41, 5.74) is 1.55.